The highest BCUT2D eigenvalue weighted by atomic mass is 16.6. The first kappa shape index (κ1) is 71.0. The van der Waals surface area contributed by atoms with Gasteiger partial charge in [0.25, 0.3) is 0 Å². The molecule has 5 heterocycles. The maximum Gasteiger partial charge on any atom is 0.407 e. The van der Waals surface area contributed by atoms with Crippen LogP contribution in [0.1, 0.15) is 138 Å². The lowest BCUT2D eigenvalue weighted by atomic mass is 9.80. The fourth-order valence-corrected chi connectivity index (χ4v) is 12.7. The van der Waals surface area contributed by atoms with Crippen molar-refractivity contribution in [1.29, 1.82) is 0 Å². The van der Waals surface area contributed by atoms with Crippen LogP contribution in [0.3, 0.4) is 0 Å². The van der Waals surface area contributed by atoms with E-state index in [0.717, 1.165) is 5.57 Å². The van der Waals surface area contributed by atoms with Crippen LogP contribution in [0.4, 0.5) is 10.7 Å². The number of allylic oxidation sites excluding steroid dienone is 5. The lowest BCUT2D eigenvalue weighted by Crippen LogP contribution is -2.62. The van der Waals surface area contributed by atoms with Crippen molar-refractivity contribution in [2.45, 2.75) is 211 Å². The van der Waals surface area contributed by atoms with Crippen LogP contribution in [0.2, 0.25) is 0 Å². The Morgan fingerprint density at radius 2 is 1.56 bits per heavy atom. The number of hydrogen-bond donors (Lipinski definition) is 7. The van der Waals surface area contributed by atoms with Crippen LogP contribution in [-0.4, -0.2) is 208 Å². The number of alkyl carbamates (subject to hydrolysis) is 1. The monoisotopic (exact) mass is 1220 g/mol. The number of Topliss-reactive ketones (excluding diaryl/α,β-unsaturated/α-hetero) is 2. The van der Waals surface area contributed by atoms with Crippen LogP contribution in [-0.2, 0) is 54.1 Å². The highest BCUT2D eigenvalue weighted by Crippen LogP contribution is 2.38. The molecular weight excluding hydrogens is 1120 g/mol. The van der Waals surface area contributed by atoms with Gasteiger partial charge in [-0.15, -0.1) is 0 Å². The molecule has 23 heteroatoms. The van der Waals surface area contributed by atoms with Crippen LogP contribution >= 0.6 is 0 Å². The molecule has 4 fully saturated rings. The third-order valence-electron chi connectivity index (χ3n) is 18.3. The molecule has 488 valence electrons. The standard InChI is InChI=1S/C64H101N7O16/c1-10-84-29-23-55(73)69-25-27-70(28-26-69)62-66-36-46(37-67-62)38-68-63(80)86-51-22-20-45(33-54(51)83-9)32-48(65)53-35-50(72)41(4)31-43(6)57(75)58(76)56(74)42(5)30-39(2)16-12-11-13-17-40(3)52(82-8)34-47-21-19-44(7)64(81,87-47)59(77)60(78)71-24-15-14-18-49(71)61(79)85-53/h11-13,16-17,31,36-37,39,41-42,44-45,47-54,57-58,60,72,75-76,78,81H,10,14-15,18-30,32-35,38,65H2,1-9H3,(H,68,80)/b13-11+,16-12+,40-17+,43-31+/t39-,41-,42-,44-,45+,47+,48-,49+,50-,51-,52+,53+,54-,57-,58+,60?,64-/m1/s1. The number of cyclic esters (lactones) is 1. The molecule has 5 aliphatic rings. The van der Waals surface area contributed by atoms with Gasteiger partial charge in [-0.2, -0.15) is 0 Å². The maximum atomic E-state index is 14.7. The molecule has 0 aromatic carbocycles. The van der Waals surface area contributed by atoms with E-state index in [9.17, 15) is 49.5 Å². The molecule has 6 rings (SSSR count). The van der Waals surface area contributed by atoms with E-state index in [-0.39, 0.29) is 49.2 Å². The Labute approximate surface area is 514 Å². The van der Waals surface area contributed by atoms with E-state index in [1.54, 1.807) is 53.3 Å². The molecule has 1 saturated carbocycles. The Balaban J connectivity index is 1.15. The summed E-state index contributed by atoms with van der Waals surface area (Å²) in [6.45, 7) is 15.9. The average Bonchev–Trinajstić information content (AvgIpc) is 1.65. The molecule has 1 aromatic heterocycles. The van der Waals surface area contributed by atoms with E-state index in [1.807, 2.05) is 61.0 Å². The maximum absolute atomic E-state index is 14.7. The van der Waals surface area contributed by atoms with Crippen LogP contribution in [0, 0.1) is 29.6 Å². The van der Waals surface area contributed by atoms with Gasteiger partial charge in [-0.25, -0.2) is 14.8 Å². The number of aromatic nitrogens is 2. The van der Waals surface area contributed by atoms with Crippen LogP contribution in [0.5, 0.6) is 0 Å². The number of anilines is 1. The summed E-state index contributed by atoms with van der Waals surface area (Å²) in [4.78, 5) is 82.6. The van der Waals surface area contributed by atoms with Crippen molar-refractivity contribution < 1.29 is 77.9 Å². The second-order valence-electron chi connectivity index (χ2n) is 24.9. The number of fused-ring (bicyclic) bond motifs is 3. The number of piperazine rings is 1. The number of aliphatic hydroxyl groups excluding tert-OH is 4. The second kappa shape index (κ2) is 34.2. The molecule has 17 atom stereocenters. The fraction of sp³-hybridized carbons (Fsp3) is 0.734. The lowest BCUT2D eigenvalue weighted by Gasteiger charge is -2.45. The Kier molecular flexibility index (Phi) is 27.9. The van der Waals surface area contributed by atoms with Gasteiger partial charge in [0.15, 0.2) is 12.0 Å². The van der Waals surface area contributed by atoms with Gasteiger partial charge in [0, 0.05) is 115 Å². The zero-order valence-electron chi connectivity index (χ0n) is 52.7. The normalized spacial score (nSPS) is 36.0. The molecule has 1 unspecified atom stereocenters. The summed E-state index contributed by atoms with van der Waals surface area (Å²) >= 11 is 0. The molecule has 87 heavy (non-hydrogen) atoms. The summed E-state index contributed by atoms with van der Waals surface area (Å²) < 4.78 is 35.6. The topological polar surface area (TPSA) is 315 Å². The number of carbonyl (C=O) groups is 5. The molecule has 2 bridgehead atoms. The zero-order valence-corrected chi connectivity index (χ0v) is 52.7. The molecule has 1 aliphatic carbocycles. The highest BCUT2D eigenvalue weighted by Gasteiger charge is 2.53. The summed E-state index contributed by atoms with van der Waals surface area (Å²) in [5.74, 6) is -6.28. The van der Waals surface area contributed by atoms with E-state index in [0.29, 0.717) is 122 Å². The summed E-state index contributed by atoms with van der Waals surface area (Å²) in [5.41, 5.74) is 8.83. The minimum atomic E-state index is -2.39. The van der Waals surface area contributed by atoms with Crippen molar-refractivity contribution >= 4 is 35.5 Å². The summed E-state index contributed by atoms with van der Waals surface area (Å²) in [5, 5.41) is 61.3. The number of nitrogens with zero attached hydrogens (tertiary/aromatic N) is 5. The van der Waals surface area contributed by atoms with Crippen LogP contribution in [0.15, 0.2) is 60.0 Å². The third kappa shape index (κ3) is 20.0. The first-order valence-corrected chi connectivity index (χ1v) is 31.5. The van der Waals surface area contributed by atoms with Crippen molar-refractivity contribution in [2.75, 3.05) is 65.1 Å². The molecule has 4 aliphatic heterocycles. The van der Waals surface area contributed by atoms with Gasteiger partial charge in [0.2, 0.25) is 23.4 Å². The molecule has 23 nitrogen and oxygen atoms in total. The first-order chi connectivity index (χ1) is 41.5. The van der Waals surface area contributed by atoms with Crippen molar-refractivity contribution in [3.8, 4) is 0 Å². The summed E-state index contributed by atoms with van der Waals surface area (Å²) in [6.07, 6.45) is 8.62. The molecular formula is C64H101N7O16. The molecule has 0 spiro atoms. The number of carbonyl (C=O) groups excluding carboxylic acids is 5. The third-order valence-corrected chi connectivity index (χ3v) is 18.3. The van der Waals surface area contributed by atoms with Gasteiger partial charge in [0.1, 0.15) is 30.5 Å². The van der Waals surface area contributed by atoms with Gasteiger partial charge in [-0.05, 0) is 102 Å². The molecule has 3 saturated heterocycles. The Hall–Kier alpha value is -5.05. The Bertz CT molecular complexity index is 2510. The number of aliphatic hydroxyl groups is 5. The van der Waals surface area contributed by atoms with Crippen LogP contribution < -0.4 is 16.0 Å². The van der Waals surface area contributed by atoms with E-state index < -0.39 is 114 Å². The van der Waals surface area contributed by atoms with Gasteiger partial charge in [-0.3, -0.25) is 24.1 Å². The van der Waals surface area contributed by atoms with Crippen molar-refractivity contribution in [3.63, 3.8) is 0 Å². The number of amides is 2. The number of nitrogens with one attached hydrogen (secondary N) is 1. The molecule has 8 N–H and O–H groups in total. The Morgan fingerprint density at radius 1 is 0.839 bits per heavy atom. The van der Waals surface area contributed by atoms with Crippen molar-refractivity contribution in [3.05, 3.63) is 65.6 Å². The smallest absolute Gasteiger partial charge is 0.407 e. The lowest BCUT2D eigenvalue weighted by molar-refractivity contribution is -0.275. The van der Waals surface area contributed by atoms with Gasteiger partial charge in [0.05, 0.1) is 37.4 Å². The second-order valence-corrected chi connectivity index (χ2v) is 24.9. The van der Waals surface area contributed by atoms with Gasteiger partial charge in [-0.1, -0.05) is 70.6 Å². The number of ether oxygens (including phenoxy) is 6. The number of rotatable bonds is 13. The SMILES string of the molecule is CCOCCC(=O)N1CCN(c2ncc(CNC(=O)O[C@@H]3CC[C@@H](C[C@@H](N)[C@@H]4C[C@@H](O)[C@H](C)/C=C(\C)[C@@H](O)[C@@H](O)C(=O)[C@H](C)C[C@H](C)/C=C/C=C/C=C(\C)[C@@H](OC)C[C@@H]5CC[C@@H](C)[C@@](O)(O5)C(=O)C(O)N5CCCC[C@H]5C(=O)O4)C[C@H]3OC)cn2)CC1. The molecule has 1 aromatic rings. The average molecular weight is 1220 g/mol. The van der Waals surface area contributed by atoms with Crippen LogP contribution in [0.25, 0.3) is 0 Å². The quantitative estimate of drug-likeness (QED) is 0.0806. The van der Waals surface area contributed by atoms with Crippen molar-refractivity contribution in [2.24, 2.45) is 35.3 Å². The Morgan fingerprint density at radius 3 is 2.25 bits per heavy atom. The van der Waals surface area contributed by atoms with Gasteiger partial charge >= 0.3 is 12.1 Å². The minimum Gasteiger partial charge on any atom is -0.459 e. The van der Waals surface area contributed by atoms with E-state index in [1.165, 1.54) is 12.0 Å². The first-order valence-electron chi connectivity index (χ1n) is 31.5. The summed E-state index contributed by atoms with van der Waals surface area (Å²) in [7, 11) is 3.10. The highest BCUT2D eigenvalue weighted by molar-refractivity contribution is 5.90. The summed E-state index contributed by atoms with van der Waals surface area (Å²) in [6, 6.07) is -2.02. The van der Waals surface area contributed by atoms with Gasteiger partial charge < -0.3 is 74.8 Å². The molecule has 2 amide bonds. The number of ketones is 2. The van der Waals surface area contributed by atoms with Crippen molar-refractivity contribution in [1.82, 2.24) is 25.1 Å². The predicted molar refractivity (Wildman–Crippen MR) is 324 cm³/mol. The number of piperidine rings is 1. The number of methoxy groups -OCH3 is 2. The van der Waals surface area contributed by atoms with E-state index >= 15 is 0 Å². The number of hydrogen-bond acceptors (Lipinski definition) is 21. The zero-order chi connectivity index (χ0) is 63.5. The largest absolute Gasteiger partial charge is 0.459 e. The molecule has 0 radical (unpaired) electrons. The van der Waals surface area contributed by atoms with E-state index in [4.69, 9.17) is 34.2 Å². The number of esters is 1. The fourth-order valence-electron chi connectivity index (χ4n) is 12.7. The number of nitrogens with two attached hydrogens (primary N) is 1. The minimum absolute atomic E-state index is 0.0586. The predicted octanol–water partition coefficient (Wildman–Crippen LogP) is 4.60. The van der Waals surface area contributed by atoms with E-state index in [2.05, 4.69) is 15.3 Å².